The van der Waals surface area contributed by atoms with Crippen molar-refractivity contribution >= 4 is 0 Å². The van der Waals surface area contributed by atoms with Crippen LogP contribution in [0.15, 0.2) is 12.1 Å². The van der Waals surface area contributed by atoms with Crippen LogP contribution in [-0.2, 0) is 46.0 Å². The van der Waals surface area contributed by atoms with Crippen molar-refractivity contribution in [3.63, 3.8) is 0 Å². The van der Waals surface area contributed by atoms with Gasteiger partial charge in [0.2, 0.25) is 0 Å². The van der Waals surface area contributed by atoms with Crippen molar-refractivity contribution in [3.8, 4) is 0 Å². The normalized spacial score (nSPS) is 7.82. The molecule has 0 fully saturated rings. The third-order valence-electron chi connectivity index (χ3n) is 1.33. The first-order valence-corrected chi connectivity index (χ1v) is 3.22. The standard InChI is InChI=1S/C9H10.V.W/c1-3-9-6-4-5-8(2)7-9;;/h4,7H,3H2,1-2H3;;/q-2;;. The van der Waals surface area contributed by atoms with Crippen LogP contribution in [0.25, 0.3) is 0 Å². The minimum absolute atomic E-state index is 0. The van der Waals surface area contributed by atoms with E-state index < -0.39 is 0 Å². The Labute approximate surface area is 94.9 Å². The molecule has 0 N–H and O–H groups in total. The van der Waals surface area contributed by atoms with Crippen LogP contribution in [0.5, 0.6) is 0 Å². The molecular formula is C9H10VW-2. The van der Waals surface area contributed by atoms with Gasteiger partial charge in [-0.15, -0.1) is 0 Å². The van der Waals surface area contributed by atoms with Crippen LogP contribution in [-0.4, -0.2) is 0 Å². The van der Waals surface area contributed by atoms with E-state index in [9.17, 15) is 0 Å². The minimum atomic E-state index is 0. The van der Waals surface area contributed by atoms with Gasteiger partial charge < -0.3 is 18.2 Å². The Balaban J connectivity index is 0. The van der Waals surface area contributed by atoms with Crippen molar-refractivity contribution in [2.24, 2.45) is 0 Å². The van der Waals surface area contributed by atoms with Gasteiger partial charge in [-0.1, -0.05) is 20.3 Å². The zero-order chi connectivity index (χ0) is 6.69. The molecule has 0 saturated heterocycles. The van der Waals surface area contributed by atoms with Gasteiger partial charge in [-0.05, 0) is 0 Å². The Kier molecular flexibility index (Phi) is 9.14. The average molecular weight is 353 g/mol. The quantitative estimate of drug-likeness (QED) is 0.679. The fourth-order valence-electron chi connectivity index (χ4n) is 0.791. The molecule has 0 heterocycles. The molecule has 1 rings (SSSR count). The molecule has 59 valence electrons. The first-order chi connectivity index (χ1) is 4.33. The second kappa shape index (κ2) is 7.16. The van der Waals surface area contributed by atoms with Gasteiger partial charge >= 0.3 is 0 Å². The minimum Gasteiger partial charge on any atom is -0.356 e. The van der Waals surface area contributed by atoms with Gasteiger partial charge in [0.1, 0.15) is 0 Å². The molecule has 1 radical (unpaired) electrons. The third-order valence-corrected chi connectivity index (χ3v) is 1.33. The number of aryl methyl sites for hydroxylation is 2. The first-order valence-electron chi connectivity index (χ1n) is 3.22. The second-order valence-electron chi connectivity index (χ2n) is 2.14. The fraction of sp³-hybridized carbons (Fsp3) is 0.333. The van der Waals surface area contributed by atoms with E-state index in [0.29, 0.717) is 0 Å². The topological polar surface area (TPSA) is 0 Å². The molecule has 0 unspecified atom stereocenters. The molecule has 1 aromatic rings. The molecular weight excluding hydrogens is 343 g/mol. The summed E-state index contributed by atoms with van der Waals surface area (Å²) >= 11 is 0. The summed E-state index contributed by atoms with van der Waals surface area (Å²) in [5.74, 6) is 0. The monoisotopic (exact) mass is 353 g/mol. The van der Waals surface area contributed by atoms with Crippen molar-refractivity contribution in [2.45, 2.75) is 20.3 Å². The number of hydrogen-bond donors (Lipinski definition) is 0. The Bertz CT molecular complexity index is 199. The molecule has 0 bridgehead atoms. The molecule has 1 aromatic carbocycles. The summed E-state index contributed by atoms with van der Waals surface area (Å²) in [6, 6.07) is 10.1. The summed E-state index contributed by atoms with van der Waals surface area (Å²) < 4.78 is 0. The Morgan fingerprint density at radius 3 is 2.36 bits per heavy atom. The summed E-state index contributed by atoms with van der Waals surface area (Å²) in [7, 11) is 0. The number of benzene rings is 1. The van der Waals surface area contributed by atoms with Gasteiger partial charge in [0.15, 0.2) is 0 Å². The van der Waals surface area contributed by atoms with E-state index in [2.05, 4.69) is 25.1 Å². The summed E-state index contributed by atoms with van der Waals surface area (Å²) in [6.45, 7) is 4.18. The van der Waals surface area contributed by atoms with Crippen LogP contribution in [0, 0.1) is 19.1 Å². The molecule has 0 spiro atoms. The van der Waals surface area contributed by atoms with Gasteiger partial charge in [0.05, 0.1) is 0 Å². The van der Waals surface area contributed by atoms with E-state index in [1.54, 1.807) is 0 Å². The zero-order valence-electron chi connectivity index (χ0n) is 6.72. The van der Waals surface area contributed by atoms with E-state index in [1.165, 1.54) is 11.1 Å². The third kappa shape index (κ3) is 4.85. The molecule has 0 aliphatic rings. The van der Waals surface area contributed by atoms with E-state index in [0.717, 1.165) is 6.42 Å². The maximum absolute atomic E-state index is 3.10. The van der Waals surface area contributed by atoms with E-state index in [4.69, 9.17) is 0 Å². The second-order valence-corrected chi connectivity index (χ2v) is 2.14. The maximum atomic E-state index is 3.10. The molecule has 11 heavy (non-hydrogen) atoms. The van der Waals surface area contributed by atoms with Gasteiger partial charge in [-0.2, -0.15) is 0 Å². The summed E-state index contributed by atoms with van der Waals surface area (Å²) in [5.41, 5.74) is 2.47. The first kappa shape index (κ1) is 14.0. The number of rotatable bonds is 1. The van der Waals surface area contributed by atoms with Crippen molar-refractivity contribution in [1.82, 2.24) is 0 Å². The Morgan fingerprint density at radius 1 is 1.36 bits per heavy atom. The van der Waals surface area contributed by atoms with Crippen molar-refractivity contribution in [3.05, 3.63) is 35.4 Å². The van der Waals surface area contributed by atoms with Gasteiger partial charge in [0, 0.05) is 39.6 Å². The predicted molar refractivity (Wildman–Crippen MR) is 38.2 cm³/mol. The fourth-order valence-corrected chi connectivity index (χ4v) is 0.791. The van der Waals surface area contributed by atoms with Gasteiger partial charge in [-0.3, -0.25) is 17.2 Å². The predicted octanol–water partition coefficient (Wildman–Crippen LogP) is 2.15. The maximum Gasteiger partial charge on any atom is 0 e. The molecule has 0 nitrogen and oxygen atoms in total. The largest absolute Gasteiger partial charge is 0.356 e. The van der Waals surface area contributed by atoms with Crippen LogP contribution in [0.2, 0.25) is 0 Å². The van der Waals surface area contributed by atoms with Crippen LogP contribution >= 0.6 is 0 Å². The molecule has 0 aromatic heterocycles. The molecule has 0 aliphatic heterocycles. The molecule has 0 amide bonds. The Hall–Kier alpha value is 0.493. The van der Waals surface area contributed by atoms with Crippen LogP contribution < -0.4 is 0 Å². The summed E-state index contributed by atoms with van der Waals surface area (Å²) in [4.78, 5) is 0. The van der Waals surface area contributed by atoms with Crippen molar-refractivity contribution in [1.29, 1.82) is 0 Å². The van der Waals surface area contributed by atoms with Gasteiger partial charge in [0.25, 0.3) is 0 Å². The Morgan fingerprint density at radius 2 is 2.00 bits per heavy atom. The zero-order valence-corrected chi connectivity index (χ0v) is 11.0. The smallest absolute Gasteiger partial charge is 0 e. The molecule has 2 heteroatoms. The summed E-state index contributed by atoms with van der Waals surface area (Å²) in [5, 5.41) is 0. The van der Waals surface area contributed by atoms with Crippen molar-refractivity contribution in [2.75, 3.05) is 0 Å². The molecule has 0 saturated carbocycles. The van der Waals surface area contributed by atoms with E-state index in [-0.39, 0.29) is 39.6 Å². The average Bonchev–Trinajstić information content (AvgIpc) is 1.88. The van der Waals surface area contributed by atoms with Crippen molar-refractivity contribution < 1.29 is 39.6 Å². The van der Waals surface area contributed by atoms with E-state index in [1.807, 2.05) is 13.0 Å². The van der Waals surface area contributed by atoms with Crippen LogP contribution in [0.1, 0.15) is 18.1 Å². The van der Waals surface area contributed by atoms with Crippen LogP contribution in [0.4, 0.5) is 0 Å². The van der Waals surface area contributed by atoms with Gasteiger partial charge in [-0.25, -0.2) is 0 Å². The van der Waals surface area contributed by atoms with Crippen LogP contribution in [0.3, 0.4) is 0 Å². The summed E-state index contributed by atoms with van der Waals surface area (Å²) in [6.07, 6.45) is 1.06. The SMILES string of the molecule is CCc1[c-]c[c-]c(C)c1.[V].[W]. The molecule has 0 atom stereocenters. The van der Waals surface area contributed by atoms with E-state index >= 15 is 0 Å². The molecule has 0 aliphatic carbocycles. The number of hydrogen-bond acceptors (Lipinski definition) is 0.